The first-order valence-corrected chi connectivity index (χ1v) is 14.3. The van der Waals surface area contributed by atoms with E-state index in [9.17, 15) is 14.0 Å². The van der Waals surface area contributed by atoms with Crippen molar-refractivity contribution in [1.29, 1.82) is 0 Å². The average Bonchev–Trinajstić information content (AvgIpc) is 3.54. The third-order valence-corrected chi connectivity index (χ3v) is 7.91. The SMILES string of the molecule is C=CCn1c(SCC(=O)Nc2scc(-c3ccc(F)cc3)c2C(=O)OC)nnc1C(C)Oc1cc(C)ccc1Cl. The molecule has 0 aliphatic heterocycles. The van der Waals surface area contributed by atoms with Gasteiger partial charge in [0.1, 0.15) is 22.1 Å². The van der Waals surface area contributed by atoms with Crippen molar-refractivity contribution >= 4 is 51.6 Å². The van der Waals surface area contributed by atoms with E-state index >= 15 is 0 Å². The standard InChI is InChI=1S/C28H26ClFN4O4S2/c1-5-12-34-25(17(3)38-22-13-16(2)6-11-21(22)29)32-33-28(34)40-15-23(35)31-26-24(27(36)37-4)20(14-39-26)18-7-9-19(30)10-8-18/h5-11,13-14,17H,1,12,15H2,2-4H3,(H,31,35). The molecule has 0 bridgehead atoms. The highest BCUT2D eigenvalue weighted by Gasteiger charge is 2.24. The normalized spacial score (nSPS) is 11.6. The van der Waals surface area contributed by atoms with Crippen molar-refractivity contribution in [3.8, 4) is 16.9 Å². The molecule has 1 N–H and O–H groups in total. The molecule has 8 nitrogen and oxygen atoms in total. The van der Waals surface area contributed by atoms with Crippen LogP contribution in [-0.4, -0.2) is 39.5 Å². The Morgan fingerprint density at radius 1 is 1.25 bits per heavy atom. The molecule has 1 unspecified atom stereocenters. The molecular weight excluding hydrogens is 575 g/mol. The Morgan fingerprint density at radius 2 is 2.00 bits per heavy atom. The van der Waals surface area contributed by atoms with Crippen LogP contribution in [0.25, 0.3) is 11.1 Å². The second-order valence-corrected chi connectivity index (χ2v) is 10.9. The van der Waals surface area contributed by atoms with Crippen molar-refractivity contribution in [2.45, 2.75) is 31.7 Å². The molecule has 0 saturated heterocycles. The Bertz CT molecular complexity index is 1540. The number of hydrogen-bond donors (Lipinski definition) is 1. The molecule has 4 rings (SSSR count). The summed E-state index contributed by atoms with van der Waals surface area (Å²) in [6.45, 7) is 8.00. The number of carbonyl (C=O) groups excluding carboxylic acids is 2. The van der Waals surface area contributed by atoms with Gasteiger partial charge in [-0.2, -0.15) is 0 Å². The molecule has 40 heavy (non-hydrogen) atoms. The highest BCUT2D eigenvalue weighted by molar-refractivity contribution is 7.99. The number of aromatic nitrogens is 3. The van der Waals surface area contributed by atoms with Crippen LogP contribution in [0.2, 0.25) is 5.02 Å². The second kappa shape index (κ2) is 13.1. The summed E-state index contributed by atoms with van der Waals surface area (Å²) in [5.41, 5.74) is 2.38. The smallest absolute Gasteiger partial charge is 0.341 e. The molecule has 12 heteroatoms. The number of hydrogen-bond acceptors (Lipinski definition) is 8. The van der Waals surface area contributed by atoms with Gasteiger partial charge in [-0.15, -0.1) is 28.1 Å². The molecule has 1 amide bonds. The molecule has 0 aliphatic carbocycles. The number of thiophene rings is 1. The predicted octanol–water partition coefficient (Wildman–Crippen LogP) is 6.95. The van der Waals surface area contributed by atoms with Crippen molar-refractivity contribution in [2.75, 3.05) is 18.2 Å². The molecule has 0 spiro atoms. The van der Waals surface area contributed by atoms with E-state index in [0.29, 0.717) is 44.4 Å². The van der Waals surface area contributed by atoms with Crippen LogP contribution < -0.4 is 10.1 Å². The number of halogens is 2. The molecule has 0 radical (unpaired) electrons. The Balaban J connectivity index is 1.48. The van der Waals surface area contributed by atoms with Crippen LogP contribution in [0.3, 0.4) is 0 Å². The third kappa shape index (κ3) is 6.72. The lowest BCUT2D eigenvalue weighted by Gasteiger charge is -2.17. The molecule has 0 aliphatic rings. The minimum absolute atomic E-state index is 0.00137. The van der Waals surface area contributed by atoms with E-state index in [-0.39, 0.29) is 17.2 Å². The van der Waals surface area contributed by atoms with Crippen molar-refractivity contribution in [1.82, 2.24) is 14.8 Å². The first-order valence-electron chi connectivity index (χ1n) is 12.1. The lowest BCUT2D eigenvalue weighted by Crippen LogP contribution is -2.17. The number of allylic oxidation sites excluding steroid dienone is 1. The summed E-state index contributed by atoms with van der Waals surface area (Å²) in [5.74, 6) is -0.270. The molecule has 0 fully saturated rings. The fourth-order valence-corrected chi connectivity index (χ4v) is 5.73. The first kappa shape index (κ1) is 29.3. The zero-order valence-corrected chi connectivity index (χ0v) is 24.3. The zero-order chi connectivity index (χ0) is 28.8. The number of benzene rings is 2. The molecular formula is C28H26ClFN4O4S2. The highest BCUT2D eigenvalue weighted by atomic mass is 35.5. The second-order valence-electron chi connectivity index (χ2n) is 8.62. The van der Waals surface area contributed by atoms with Crippen LogP contribution in [0.1, 0.15) is 34.8 Å². The number of rotatable bonds is 11. The average molecular weight is 601 g/mol. The van der Waals surface area contributed by atoms with E-state index in [4.69, 9.17) is 21.1 Å². The Hall–Kier alpha value is -3.67. The van der Waals surface area contributed by atoms with Crippen LogP contribution >= 0.6 is 34.7 Å². The minimum atomic E-state index is -0.610. The fourth-order valence-electron chi connectivity index (χ4n) is 3.84. The van der Waals surface area contributed by atoms with E-state index in [1.165, 1.54) is 42.3 Å². The number of amides is 1. The molecule has 208 valence electrons. The number of nitrogens with zero attached hydrogens (tertiary/aromatic N) is 3. The molecule has 2 heterocycles. The quantitative estimate of drug-likeness (QED) is 0.113. The minimum Gasteiger partial charge on any atom is -0.481 e. The van der Waals surface area contributed by atoms with E-state index < -0.39 is 17.9 Å². The number of nitrogens with one attached hydrogen (secondary N) is 1. The monoisotopic (exact) mass is 600 g/mol. The highest BCUT2D eigenvalue weighted by Crippen LogP contribution is 2.36. The van der Waals surface area contributed by atoms with Gasteiger partial charge in [0, 0.05) is 17.5 Å². The van der Waals surface area contributed by atoms with Crippen LogP contribution in [-0.2, 0) is 16.1 Å². The van der Waals surface area contributed by atoms with Crippen molar-refractivity contribution in [2.24, 2.45) is 0 Å². The van der Waals surface area contributed by atoms with E-state index in [1.807, 2.05) is 30.5 Å². The summed E-state index contributed by atoms with van der Waals surface area (Å²) in [4.78, 5) is 25.5. The summed E-state index contributed by atoms with van der Waals surface area (Å²) in [6.07, 6.45) is 1.22. The van der Waals surface area contributed by atoms with Gasteiger partial charge in [-0.3, -0.25) is 9.36 Å². The summed E-state index contributed by atoms with van der Waals surface area (Å²) >= 11 is 8.66. The number of carbonyl (C=O) groups is 2. The van der Waals surface area contributed by atoms with Gasteiger partial charge in [-0.1, -0.05) is 47.6 Å². The van der Waals surface area contributed by atoms with Gasteiger partial charge in [0.2, 0.25) is 5.91 Å². The molecule has 0 saturated carbocycles. The summed E-state index contributed by atoms with van der Waals surface area (Å²) in [5, 5.41) is 14.4. The van der Waals surface area contributed by atoms with Crippen LogP contribution in [0, 0.1) is 12.7 Å². The van der Waals surface area contributed by atoms with Gasteiger partial charge in [-0.25, -0.2) is 9.18 Å². The van der Waals surface area contributed by atoms with Gasteiger partial charge in [-0.05, 0) is 49.2 Å². The number of esters is 1. The topological polar surface area (TPSA) is 95.3 Å². The third-order valence-electron chi connectivity index (χ3n) is 5.73. The Labute approximate surface area is 244 Å². The van der Waals surface area contributed by atoms with Crippen LogP contribution in [0.5, 0.6) is 5.75 Å². The largest absolute Gasteiger partial charge is 0.481 e. The molecule has 2 aromatic carbocycles. The zero-order valence-electron chi connectivity index (χ0n) is 21.9. The van der Waals surface area contributed by atoms with Gasteiger partial charge < -0.3 is 14.8 Å². The van der Waals surface area contributed by atoms with Gasteiger partial charge in [0.15, 0.2) is 17.1 Å². The van der Waals surface area contributed by atoms with Crippen molar-refractivity contribution < 1.29 is 23.5 Å². The number of ether oxygens (including phenoxy) is 2. The van der Waals surface area contributed by atoms with Crippen molar-refractivity contribution in [3.63, 3.8) is 0 Å². The van der Waals surface area contributed by atoms with Crippen LogP contribution in [0.4, 0.5) is 9.39 Å². The predicted molar refractivity (Wildman–Crippen MR) is 156 cm³/mol. The maximum atomic E-state index is 13.4. The number of aryl methyl sites for hydroxylation is 1. The lowest BCUT2D eigenvalue weighted by molar-refractivity contribution is -0.113. The summed E-state index contributed by atoms with van der Waals surface area (Å²) in [6, 6.07) is 11.3. The first-order chi connectivity index (χ1) is 19.2. The Kier molecular flexibility index (Phi) is 9.62. The van der Waals surface area contributed by atoms with Crippen LogP contribution in [0.15, 0.2) is 65.7 Å². The van der Waals surface area contributed by atoms with E-state index in [0.717, 1.165) is 5.56 Å². The number of thioether (sulfide) groups is 1. The molecule has 4 aromatic rings. The summed E-state index contributed by atoms with van der Waals surface area (Å²) in [7, 11) is 1.26. The number of anilines is 1. The number of methoxy groups -OCH3 is 1. The van der Waals surface area contributed by atoms with Crippen molar-refractivity contribution in [3.05, 3.63) is 88.3 Å². The lowest BCUT2D eigenvalue weighted by atomic mass is 10.0. The molecule has 1 atom stereocenters. The maximum absolute atomic E-state index is 13.4. The Morgan fingerprint density at radius 3 is 2.70 bits per heavy atom. The van der Waals surface area contributed by atoms with Gasteiger partial charge in [0.25, 0.3) is 0 Å². The fraction of sp³-hybridized carbons (Fsp3) is 0.214. The summed E-state index contributed by atoms with van der Waals surface area (Å²) < 4.78 is 26.2. The van der Waals surface area contributed by atoms with Gasteiger partial charge >= 0.3 is 5.97 Å². The maximum Gasteiger partial charge on any atom is 0.341 e. The van der Waals surface area contributed by atoms with Gasteiger partial charge in [0.05, 0.1) is 17.9 Å². The molecule has 2 aromatic heterocycles. The van der Waals surface area contributed by atoms with E-state index in [2.05, 4.69) is 22.1 Å². The van der Waals surface area contributed by atoms with E-state index in [1.54, 1.807) is 29.7 Å².